The minimum atomic E-state index is -0.241. The average Bonchev–Trinajstić information content (AvgIpc) is 3.43. The Morgan fingerprint density at radius 1 is 1.16 bits per heavy atom. The van der Waals surface area contributed by atoms with E-state index < -0.39 is 0 Å². The summed E-state index contributed by atoms with van der Waals surface area (Å²) in [6.45, 7) is 5.50. The fraction of sp³-hybridized carbons (Fsp3) is 0.478. The number of benzene rings is 1. The third-order valence-electron chi connectivity index (χ3n) is 6.35. The maximum atomic E-state index is 13.1. The number of anilines is 1. The van der Waals surface area contributed by atoms with Crippen LogP contribution in [-0.2, 0) is 11.3 Å². The molecule has 1 aromatic carbocycles. The molecular weight excluding hydrogens is 424 g/mol. The second-order valence-electron chi connectivity index (χ2n) is 8.71. The van der Waals surface area contributed by atoms with Crippen molar-refractivity contribution >= 4 is 27.3 Å². The summed E-state index contributed by atoms with van der Waals surface area (Å²) in [7, 11) is 0. The first-order valence-corrected chi connectivity index (χ1v) is 12.1. The van der Waals surface area contributed by atoms with E-state index >= 15 is 0 Å². The Kier molecular flexibility index (Phi) is 5.93. The van der Waals surface area contributed by atoms with Crippen LogP contribution in [0.5, 0.6) is 0 Å². The highest BCUT2D eigenvalue weighted by Gasteiger charge is 2.34. The Balaban J connectivity index is 1.20. The summed E-state index contributed by atoms with van der Waals surface area (Å²) in [4.78, 5) is 34.8. The van der Waals surface area contributed by atoms with Gasteiger partial charge in [-0.3, -0.25) is 14.5 Å². The molecule has 1 N–H and O–H groups in total. The molecule has 2 saturated heterocycles. The lowest BCUT2D eigenvalue weighted by molar-refractivity contribution is -0.123. The fourth-order valence-corrected chi connectivity index (χ4v) is 5.70. The van der Waals surface area contributed by atoms with E-state index in [0.29, 0.717) is 15.8 Å². The maximum absolute atomic E-state index is 13.1. The molecule has 1 atom stereocenters. The van der Waals surface area contributed by atoms with Gasteiger partial charge in [0.1, 0.15) is 6.04 Å². The van der Waals surface area contributed by atoms with Crippen LogP contribution in [0.15, 0.2) is 41.2 Å². The van der Waals surface area contributed by atoms with Gasteiger partial charge in [-0.2, -0.15) is 4.52 Å². The minimum Gasteiger partial charge on any atom is -0.351 e. The highest BCUT2D eigenvalue weighted by atomic mass is 32.1. The lowest BCUT2D eigenvalue weighted by Crippen LogP contribution is -2.50. The van der Waals surface area contributed by atoms with Crippen LogP contribution in [0.1, 0.15) is 36.9 Å². The first kappa shape index (κ1) is 21.1. The van der Waals surface area contributed by atoms with Crippen LogP contribution in [0.3, 0.4) is 0 Å². The molecule has 4 heterocycles. The molecule has 32 heavy (non-hydrogen) atoms. The Bertz CT molecular complexity index is 1150. The number of amides is 1. The number of likely N-dealkylation sites (tertiary alicyclic amines) is 1. The number of carbonyl (C=O) groups excluding carboxylic acids is 1. The first-order valence-electron chi connectivity index (χ1n) is 11.3. The van der Waals surface area contributed by atoms with Crippen molar-refractivity contribution in [2.75, 3.05) is 24.5 Å². The van der Waals surface area contributed by atoms with E-state index in [-0.39, 0.29) is 23.6 Å². The summed E-state index contributed by atoms with van der Waals surface area (Å²) in [5.41, 5.74) is 1.83. The molecule has 1 unspecified atom stereocenters. The first-order chi connectivity index (χ1) is 15.6. The van der Waals surface area contributed by atoms with Crippen LogP contribution in [0, 0.1) is 6.92 Å². The molecule has 8 nitrogen and oxygen atoms in total. The van der Waals surface area contributed by atoms with Crippen molar-refractivity contribution < 1.29 is 4.79 Å². The number of aromatic nitrogens is 3. The molecule has 2 aromatic heterocycles. The van der Waals surface area contributed by atoms with E-state index in [9.17, 15) is 9.59 Å². The Hall–Kier alpha value is -2.78. The van der Waals surface area contributed by atoms with Crippen LogP contribution < -0.4 is 15.8 Å². The number of aryl methyl sites for hydroxylation is 1. The van der Waals surface area contributed by atoms with Crippen LogP contribution >= 0.6 is 11.3 Å². The molecule has 2 aliphatic heterocycles. The number of hydrogen-bond acceptors (Lipinski definition) is 7. The summed E-state index contributed by atoms with van der Waals surface area (Å²) >= 11 is 1.37. The molecule has 2 aliphatic rings. The van der Waals surface area contributed by atoms with E-state index in [4.69, 9.17) is 0 Å². The van der Waals surface area contributed by atoms with Gasteiger partial charge in [-0.05, 0) is 38.2 Å². The van der Waals surface area contributed by atoms with E-state index in [1.54, 1.807) is 6.92 Å². The summed E-state index contributed by atoms with van der Waals surface area (Å²) < 4.78 is 1.34. The summed E-state index contributed by atoms with van der Waals surface area (Å²) in [6.07, 6.45) is 3.66. The van der Waals surface area contributed by atoms with Crippen molar-refractivity contribution in [1.82, 2.24) is 24.8 Å². The summed E-state index contributed by atoms with van der Waals surface area (Å²) in [5.74, 6) is 0.0692. The van der Waals surface area contributed by atoms with Crippen LogP contribution in [0.25, 0.3) is 4.96 Å². The smallest absolute Gasteiger partial charge is 0.275 e. The fourth-order valence-electron chi connectivity index (χ4n) is 4.67. The number of nitrogens with one attached hydrogen (secondary N) is 1. The molecule has 0 saturated carbocycles. The van der Waals surface area contributed by atoms with E-state index in [1.807, 2.05) is 11.0 Å². The minimum absolute atomic E-state index is 0.0692. The average molecular weight is 453 g/mol. The van der Waals surface area contributed by atoms with E-state index in [0.717, 1.165) is 51.9 Å². The molecule has 1 amide bonds. The van der Waals surface area contributed by atoms with Gasteiger partial charge >= 0.3 is 0 Å². The quantitative estimate of drug-likeness (QED) is 0.639. The number of piperidine rings is 1. The monoisotopic (exact) mass is 452 g/mol. The van der Waals surface area contributed by atoms with Gasteiger partial charge in [0.05, 0.1) is 0 Å². The lowest BCUT2D eigenvalue weighted by Gasteiger charge is -2.33. The van der Waals surface area contributed by atoms with E-state index in [1.165, 1.54) is 27.5 Å². The lowest BCUT2D eigenvalue weighted by atomic mass is 10.0. The topological polar surface area (TPSA) is 82.8 Å². The maximum Gasteiger partial charge on any atom is 0.275 e. The van der Waals surface area contributed by atoms with Crippen LogP contribution in [0.4, 0.5) is 5.13 Å². The second kappa shape index (κ2) is 8.99. The number of fused-ring (bicyclic) bond motifs is 1. The number of nitrogens with zero attached hydrogens (tertiary/aromatic N) is 5. The largest absolute Gasteiger partial charge is 0.351 e. The van der Waals surface area contributed by atoms with Gasteiger partial charge in [0.2, 0.25) is 16.0 Å². The summed E-state index contributed by atoms with van der Waals surface area (Å²) in [6, 6.07) is 12.0. The zero-order valence-corrected chi connectivity index (χ0v) is 19.1. The number of carbonyl (C=O) groups is 1. The molecule has 0 spiro atoms. The second-order valence-corrected chi connectivity index (χ2v) is 9.65. The molecule has 3 aromatic rings. The zero-order valence-electron chi connectivity index (χ0n) is 18.2. The van der Waals surface area contributed by atoms with Crippen LogP contribution in [0.2, 0.25) is 0 Å². The van der Waals surface area contributed by atoms with E-state index in [2.05, 4.69) is 44.6 Å². The zero-order chi connectivity index (χ0) is 22.1. The van der Waals surface area contributed by atoms with Gasteiger partial charge in [0.25, 0.3) is 5.56 Å². The predicted molar refractivity (Wildman–Crippen MR) is 125 cm³/mol. The summed E-state index contributed by atoms with van der Waals surface area (Å²) in [5, 5.41) is 8.44. The Morgan fingerprint density at radius 2 is 1.94 bits per heavy atom. The van der Waals surface area contributed by atoms with Crippen molar-refractivity contribution in [3.05, 3.63) is 58.0 Å². The van der Waals surface area contributed by atoms with Gasteiger partial charge in [0, 0.05) is 44.0 Å². The molecule has 0 aliphatic carbocycles. The van der Waals surface area contributed by atoms with Crippen molar-refractivity contribution in [2.24, 2.45) is 0 Å². The number of hydrogen-bond donors (Lipinski definition) is 1. The molecule has 0 radical (unpaired) electrons. The highest BCUT2D eigenvalue weighted by molar-refractivity contribution is 7.20. The molecule has 2 fully saturated rings. The molecule has 5 rings (SSSR count). The SMILES string of the molecule is Cc1cc(=O)n2nc(N3CCCC3C(=O)NC3CCN(Cc4ccccc4)CC3)sc2n1. The Morgan fingerprint density at radius 3 is 2.72 bits per heavy atom. The Labute approximate surface area is 190 Å². The molecular formula is C23H28N6O2S. The highest BCUT2D eigenvalue weighted by Crippen LogP contribution is 2.29. The van der Waals surface area contributed by atoms with Crippen LogP contribution in [-0.4, -0.2) is 57.1 Å². The standard InChI is InChI=1S/C23H28N6O2S/c1-16-14-20(30)29-22(24-16)32-23(26-29)28-11-5-8-19(28)21(31)25-18-9-12-27(13-10-18)15-17-6-3-2-4-7-17/h2-4,6-7,14,18-19H,5,8-13,15H2,1H3,(H,25,31). The molecule has 9 heteroatoms. The van der Waals surface area contributed by atoms with Crippen molar-refractivity contribution in [3.8, 4) is 0 Å². The van der Waals surface area contributed by atoms with Gasteiger partial charge in [-0.1, -0.05) is 41.7 Å². The molecule has 0 bridgehead atoms. The van der Waals surface area contributed by atoms with Gasteiger partial charge < -0.3 is 10.2 Å². The molecule has 168 valence electrons. The van der Waals surface area contributed by atoms with Crippen molar-refractivity contribution in [2.45, 2.75) is 51.2 Å². The van der Waals surface area contributed by atoms with Crippen molar-refractivity contribution in [1.29, 1.82) is 0 Å². The third kappa shape index (κ3) is 4.40. The predicted octanol–water partition coefficient (Wildman–Crippen LogP) is 2.21. The van der Waals surface area contributed by atoms with Crippen molar-refractivity contribution in [3.63, 3.8) is 0 Å². The van der Waals surface area contributed by atoms with Gasteiger partial charge in [0.15, 0.2) is 0 Å². The normalized spacial score (nSPS) is 20.2. The van der Waals surface area contributed by atoms with Gasteiger partial charge in [-0.25, -0.2) is 4.98 Å². The number of rotatable bonds is 5. The third-order valence-corrected chi connectivity index (χ3v) is 7.29. The van der Waals surface area contributed by atoms with Gasteiger partial charge in [-0.15, -0.1) is 5.10 Å².